The van der Waals surface area contributed by atoms with Gasteiger partial charge in [0, 0.05) is 20.6 Å². The molecular formula is C15H11BrClN3. The first kappa shape index (κ1) is 13.2. The normalized spacial score (nSPS) is 10.7. The van der Waals surface area contributed by atoms with Gasteiger partial charge >= 0.3 is 0 Å². The van der Waals surface area contributed by atoms with E-state index >= 15 is 0 Å². The van der Waals surface area contributed by atoms with Crippen LogP contribution in [0.25, 0.3) is 10.9 Å². The predicted molar refractivity (Wildman–Crippen MR) is 88.6 cm³/mol. The molecule has 0 aliphatic carbocycles. The fraction of sp³-hybridized carbons (Fsp3) is 0. The van der Waals surface area contributed by atoms with Crippen LogP contribution in [0.15, 0.2) is 53.0 Å². The van der Waals surface area contributed by atoms with Crippen LogP contribution in [-0.4, -0.2) is 4.98 Å². The largest absolute Gasteiger partial charge is 0.399 e. The van der Waals surface area contributed by atoms with Crippen LogP contribution in [0.5, 0.6) is 0 Å². The van der Waals surface area contributed by atoms with Crippen LogP contribution in [-0.2, 0) is 0 Å². The van der Waals surface area contributed by atoms with Crippen molar-refractivity contribution in [2.75, 3.05) is 11.1 Å². The number of rotatable bonds is 2. The van der Waals surface area contributed by atoms with Crippen LogP contribution in [0.1, 0.15) is 0 Å². The highest BCUT2D eigenvalue weighted by Crippen LogP contribution is 2.28. The number of hydrogen-bond donors (Lipinski definition) is 2. The van der Waals surface area contributed by atoms with E-state index in [1.165, 1.54) is 0 Å². The summed E-state index contributed by atoms with van der Waals surface area (Å²) in [5, 5.41) is 4.96. The Hall–Kier alpha value is -1.78. The van der Waals surface area contributed by atoms with Gasteiger partial charge in [-0.25, -0.2) is 4.98 Å². The van der Waals surface area contributed by atoms with Gasteiger partial charge in [0.05, 0.1) is 11.2 Å². The molecule has 100 valence electrons. The minimum atomic E-state index is 0.685. The number of aromatic nitrogens is 1. The van der Waals surface area contributed by atoms with Crippen molar-refractivity contribution in [2.45, 2.75) is 0 Å². The Bertz CT molecular complexity index is 789. The summed E-state index contributed by atoms with van der Waals surface area (Å²) in [5.74, 6) is 0.769. The maximum Gasteiger partial charge on any atom is 0.131 e. The van der Waals surface area contributed by atoms with Crippen LogP contribution in [0.4, 0.5) is 17.2 Å². The third-order valence-electron chi connectivity index (χ3n) is 2.91. The summed E-state index contributed by atoms with van der Waals surface area (Å²) in [7, 11) is 0. The zero-order chi connectivity index (χ0) is 14.1. The van der Waals surface area contributed by atoms with Gasteiger partial charge in [0.15, 0.2) is 0 Å². The van der Waals surface area contributed by atoms with E-state index in [0.717, 1.165) is 32.6 Å². The maximum absolute atomic E-state index is 5.93. The second kappa shape index (κ2) is 5.31. The smallest absolute Gasteiger partial charge is 0.131 e. The highest BCUT2D eigenvalue weighted by atomic mass is 79.9. The molecule has 0 unspecified atom stereocenters. The van der Waals surface area contributed by atoms with Crippen LogP contribution in [0.2, 0.25) is 5.02 Å². The fourth-order valence-corrected chi connectivity index (χ4v) is 2.72. The zero-order valence-electron chi connectivity index (χ0n) is 10.4. The molecule has 0 aliphatic heterocycles. The highest BCUT2D eigenvalue weighted by Gasteiger charge is 2.03. The molecule has 2 aromatic carbocycles. The van der Waals surface area contributed by atoms with E-state index in [0.29, 0.717) is 5.02 Å². The molecule has 0 bridgehead atoms. The summed E-state index contributed by atoms with van der Waals surface area (Å²) in [4.78, 5) is 4.55. The number of benzene rings is 2. The highest BCUT2D eigenvalue weighted by molar-refractivity contribution is 9.10. The second-order valence-corrected chi connectivity index (χ2v) is 5.69. The molecule has 0 amide bonds. The number of pyridine rings is 1. The molecule has 3 rings (SSSR count). The minimum Gasteiger partial charge on any atom is -0.399 e. The van der Waals surface area contributed by atoms with Crippen molar-refractivity contribution in [3.63, 3.8) is 0 Å². The van der Waals surface area contributed by atoms with E-state index in [9.17, 15) is 0 Å². The van der Waals surface area contributed by atoms with Crippen LogP contribution in [0.3, 0.4) is 0 Å². The number of halogens is 2. The summed E-state index contributed by atoms with van der Waals surface area (Å²) in [6.45, 7) is 0. The van der Waals surface area contributed by atoms with Gasteiger partial charge in [-0.3, -0.25) is 0 Å². The molecule has 0 saturated carbocycles. The first-order valence-electron chi connectivity index (χ1n) is 6.00. The van der Waals surface area contributed by atoms with Gasteiger partial charge in [0.2, 0.25) is 0 Å². The van der Waals surface area contributed by atoms with Gasteiger partial charge in [0.25, 0.3) is 0 Å². The van der Waals surface area contributed by atoms with Gasteiger partial charge in [0.1, 0.15) is 5.82 Å². The van der Waals surface area contributed by atoms with Crippen molar-refractivity contribution in [3.8, 4) is 0 Å². The Kier molecular flexibility index (Phi) is 3.51. The summed E-state index contributed by atoms with van der Waals surface area (Å²) in [6.07, 6.45) is 0. The SMILES string of the molecule is Nc1ccc2nc(Nc3ccc(Cl)cc3Br)ccc2c1. The number of anilines is 3. The molecule has 0 fully saturated rings. The first-order chi connectivity index (χ1) is 9.61. The Balaban J connectivity index is 1.96. The summed E-state index contributed by atoms with van der Waals surface area (Å²) in [6, 6.07) is 15.1. The Labute approximate surface area is 129 Å². The number of fused-ring (bicyclic) bond motifs is 1. The van der Waals surface area contributed by atoms with Gasteiger partial charge in [-0.2, -0.15) is 0 Å². The summed E-state index contributed by atoms with van der Waals surface area (Å²) >= 11 is 9.40. The molecule has 1 heterocycles. The molecule has 3 nitrogen and oxygen atoms in total. The number of hydrogen-bond acceptors (Lipinski definition) is 3. The number of nitrogens with one attached hydrogen (secondary N) is 1. The van der Waals surface area contributed by atoms with E-state index in [1.807, 2.05) is 48.5 Å². The minimum absolute atomic E-state index is 0.685. The zero-order valence-corrected chi connectivity index (χ0v) is 12.7. The van der Waals surface area contributed by atoms with Crippen LogP contribution in [0, 0.1) is 0 Å². The van der Waals surface area contributed by atoms with Crippen molar-refractivity contribution >= 4 is 55.6 Å². The Morgan fingerprint density at radius 3 is 2.70 bits per heavy atom. The molecule has 1 aromatic heterocycles. The lowest BCUT2D eigenvalue weighted by atomic mass is 10.2. The summed E-state index contributed by atoms with van der Waals surface area (Å²) < 4.78 is 0.893. The van der Waals surface area contributed by atoms with Gasteiger partial charge < -0.3 is 11.1 Å². The van der Waals surface area contributed by atoms with E-state index in [-0.39, 0.29) is 0 Å². The first-order valence-corrected chi connectivity index (χ1v) is 7.17. The molecule has 20 heavy (non-hydrogen) atoms. The second-order valence-electron chi connectivity index (χ2n) is 4.40. The lowest BCUT2D eigenvalue weighted by Crippen LogP contribution is -1.95. The molecule has 0 saturated heterocycles. The standard InChI is InChI=1S/C15H11BrClN3/c16-12-8-10(17)2-4-14(12)20-15-6-1-9-7-11(18)3-5-13(9)19-15/h1-8H,18H2,(H,19,20). The predicted octanol–water partition coefficient (Wildman–Crippen LogP) is 4.98. The average Bonchev–Trinajstić information content (AvgIpc) is 2.42. The topological polar surface area (TPSA) is 50.9 Å². The van der Waals surface area contributed by atoms with Crippen LogP contribution >= 0.6 is 27.5 Å². The molecular weight excluding hydrogens is 338 g/mol. The molecule has 0 aliphatic rings. The average molecular weight is 349 g/mol. The molecule has 0 radical (unpaired) electrons. The van der Waals surface area contributed by atoms with Crippen molar-refractivity contribution in [1.29, 1.82) is 0 Å². The molecule has 0 spiro atoms. The van der Waals surface area contributed by atoms with Crippen molar-refractivity contribution < 1.29 is 0 Å². The molecule has 0 atom stereocenters. The third kappa shape index (κ3) is 2.71. The lowest BCUT2D eigenvalue weighted by Gasteiger charge is -2.09. The van der Waals surface area contributed by atoms with Gasteiger partial charge in [-0.05, 0) is 64.5 Å². The number of nitrogens with two attached hydrogens (primary N) is 1. The summed E-state index contributed by atoms with van der Waals surface area (Å²) in [5.41, 5.74) is 8.31. The van der Waals surface area contributed by atoms with Crippen LogP contribution < -0.4 is 11.1 Å². The Morgan fingerprint density at radius 2 is 1.90 bits per heavy atom. The van der Waals surface area contributed by atoms with E-state index in [1.54, 1.807) is 0 Å². The molecule has 3 aromatic rings. The van der Waals surface area contributed by atoms with Gasteiger partial charge in [-0.15, -0.1) is 0 Å². The van der Waals surface area contributed by atoms with Crippen molar-refractivity contribution in [1.82, 2.24) is 4.98 Å². The monoisotopic (exact) mass is 347 g/mol. The fourth-order valence-electron chi connectivity index (χ4n) is 1.94. The lowest BCUT2D eigenvalue weighted by molar-refractivity contribution is 1.37. The Morgan fingerprint density at radius 1 is 1.05 bits per heavy atom. The number of nitrogens with zero attached hydrogens (tertiary/aromatic N) is 1. The van der Waals surface area contributed by atoms with Crippen molar-refractivity contribution in [3.05, 3.63) is 58.0 Å². The maximum atomic E-state index is 5.93. The quantitative estimate of drug-likeness (QED) is 0.642. The number of nitrogen functional groups attached to an aromatic ring is 1. The van der Waals surface area contributed by atoms with Crippen molar-refractivity contribution in [2.24, 2.45) is 0 Å². The van der Waals surface area contributed by atoms with E-state index in [2.05, 4.69) is 26.2 Å². The molecule has 3 N–H and O–H groups in total. The molecule has 5 heteroatoms. The van der Waals surface area contributed by atoms with E-state index < -0.39 is 0 Å². The van der Waals surface area contributed by atoms with E-state index in [4.69, 9.17) is 17.3 Å². The van der Waals surface area contributed by atoms with Gasteiger partial charge in [-0.1, -0.05) is 11.6 Å². The third-order valence-corrected chi connectivity index (χ3v) is 3.80.